The highest BCUT2D eigenvalue weighted by molar-refractivity contribution is 7.90. The van der Waals surface area contributed by atoms with Crippen LogP contribution in [0, 0.1) is 0 Å². The van der Waals surface area contributed by atoms with Gasteiger partial charge in [-0.15, -0.1) is 5.10 Å². The highest BCUT2D eigenvalue weighted by Crippen LogP contribution is 2.16. The van der Waals surface area contributed by atoms with Gasteiger partial charge in [0.05, 0.1) is 5.75 Å². The number of carbonyl (C=O) groups excluding carboxylic acids is 1. The van der Waals surface area contributed by atoms with Crippen molar-refractivity contribution >= 4 is 15.9 Å². The Bertz CT molecular complexity index is 877. The molecule has 1 aliphatic heterocycles. The van der Waals surface area contributed by atoms with Gasteiger partial charge in [-0.2, -0.15) is 0 Å². The maximum absolute atomic E-state index is 12.4. The van der Waals surface area contributed by atoms with Gasteiger partial charge in [-0.25, -0.2) is 13.2 Å². The van der Waals surface area contributed by atoms with Crippen molar-refractivity contribution in [3.63, 3.8) is 0 Å². The van der Waals surface area contributed by atoms with Crippen LogP contribution in [0.5, 0.6) is 0 Å². The lowest BCUT2D eigenvalue weighted by Gasteiger charge is -2.26. The third-order valence-corrected chi connectivity index (χ3v) is 6.31. The number of hydrogen-bond acceptors (Lipinski definition) is 6. The van der Waals surface area contributed by atoms with E-state index in [-0.39, 0.29) is 17.0 Å². The lowest BCUT2D eigenvalue weighted by atomic mass is 10.1. The Hall–Kier alpha value is -2.42. The van der Waals surface area contributed by atoms with Gasteiger partial charge in [-0.05, 0) is 37.7 Å². The summed E-state index contributed by atoms with van der Waals surface area (Å²) < 4.78 is 30.1. The summed E-state index contributed by atoms with van der Waals surface area (Å²) in [5, 5.41) is 10.2. The van der Waals surface area contributed by atoms with Gasteiger partial charge in [-0.1, -0.05) is 41.9 Å². The fraction of sp³-hybridized carbons (Fsp3) is 0.550. The van der Waals surface area contributed by atoms with E-state index in [2.05, 4.69) is 15.5 Å². The van der Waals surface area contributed by atoms with E-state index < -0.39 is 9.84 Å². The van der Waals surface area contributed by atoms with Gasteiger partial charge in [0.1, 0.15) is 0 Å². The van der Waals surface area contributed by atoms with Gasteiger partial charge in [-0.3, -0.25) is 0 Å². The summed E-state index contributed by atoms with van der Waals surface area (Å²) in [6.45, 7) is 2.33. The minimum atomic E-state index is -3.64. The van der Waals surface area contributed by atoms with E-state index in [1.807, 2.05) is 11.0 Å². The van der Waals surface area contributed by atoms with Gasteiger partial charge in [0.25, 0.3) is 0 Å². The second-order valence-electron chi connectivity index (χ2n) is 7.30. The zero-order valence-electron chi connectivity index (χ0n) is 16.5. The molecule has 3 rings (SSSR count). The molecule has 1 fully saturated rings. The fourth-order valence-corrected chi connectivity index (χ4v) is 4.45. The quantitative estimate of drug-likeness (QED) is 0.625. The van der Waals surface area contributed by atoms with Crippen LogP contribution in [0.15, 0.2) is 40.0 Å². The molecule has 1 aliphatic rings. The van der Waals surface area contributed by atoms with E-state index >= 15 is 0 Å². The van der Waals surface area contributed by atoms with Gasteiger partial charge >= 0.3 is 11.3 Å². The zero-order chi connectivity index (χ0) is 20.5. The Morgan fingerprint density at radius 1 is 1.03 bits per heavy atom. The average molecular weight is 421 g/mol. The van der Waals surface area contributed by atoms with E-state index in [0.29, 0.717) is 24.4 Å². The van der Waals surface area contributed by atoms with Crippen LogP contribution < -0.4 is 5.32 Å². The number of aromatic nitrogens is 2. The molecule has 29 heavy (non-hydrogen) atoms. The molecule has 0 saturated carbocycles. The van der Waals surface area contributed by atoms with Gasteiger partial charge in [0.15, 0.2) is 0 Å². The molecule has 0 radical (unpaired) electrons. The van der Waals surface area contributed by atoms with Gasteiger partial charge in [0, 0.05) is 26.1 Å². The lowest BCUT2D eigenvalue weighted by molar-refractivity contribution is 0.186. The van der Waals surface area contributed by atoms with E-state index in [1.54, 1.807) is 24.3 Å². The van der Waals surface area contributed by atoms with Crippen LogP contribution in [0.3, 0.4) is 0 Å². The molecular weight excluding hydrogens is 392 g/mol. The minimum absolute atomic E-state index is 0.0230. The standard InChI is InChI=1S/C20H28N4O4S/c25-19(24-14-8-3-9-15-24)21-13-7-2-6-12-18-22-23-20(28-18)29(26,27)16-17-10-4-1-5-11-17/h1,4-5,10-11H,2-3,6-9,12-16H2,(H,21,25). The molecule has 158 valence electrons. The maximum atomic E-state index is 12.4. The van der Waals surface area contributed by atoms with Crippen molar-refractivity contribution in [2.75, 3.05) is 19.6 Å². The number of amides is 2. The topological polar surface area (TPSA) is 105 Å². The first kappa shape index (κ1) is 21.3. The number of sulfone groups is 1. The van der Waals surface area contributed by atoms with E-state index in [9.17, 15) is 13.2 Å². The molecule has 0 spiro atoms. The number of aryl methyl sites for hydroxylation is 1. The largest absolute Gasteiger partial charge is 0.413 e. The predicted molar refractivity (Wildman–Crippen MR) is 108 cm³/mol. The molecule has 2 amide bonds. The first-order valence-electron chi connectivity index (χ1n) is 10.2. The highest BCUT2D eigenvalue weighted by atomic mass is 32.2. The van der Waals surface area contributed by atoms with Crippen LogP contribution >= 0.6 is 0 Å². The van der Waals surface area contributed by atoms with Crippen molar-refractivity contribution < 1.29 is 17.6 Å². The van der Waals surface area contributed by atoms with Crippen molar-refractivity contribution in [2.24, 2.45) is 0 Å². The Labute approximate surface area is 171 Å². The molecule has 1 aromatic heterocycles. The molecule has 1 aromatic carbocycles. The number of likely N-dealkylation sites (tertiary alicyclic amines) is 1. The minimum Gasteiger partial charge on any atom is -0.413 e. The molecule has 9 heteroatoms. The Morgan fingerprint density at radius 3 is 2.55 bits per heavy atom. The lowest BCUT2D eigenvalue weighted by Crippen LogP contribution is -2.43. The normalized spacial score (nSPS) is 14.7. The number of nitrogens with zero attached hydrogens (tertiary/aromatic N) is 3. The zero-order valence-corrected chi connectivity index (χ0v) is 17.4. The third kappa shape index (κ3) is 6.56. The first-order chi connectivity index (χ1) is 14.0. The third-order valence-electron chi connectivity index (χ3n) is 4.90. The molecule has 0 unspecified atom stereocenters. The van der Waals surface area contributed by atoms with Crippen molar-refractivity contribution in [1.82, 2.24) is 20.4 Å². The summed E-state index contributed by atoms with van der Waals surface area (Å²) >= 11 is 0. The summed E-state index contributed by atoms with van der Waals surface area (Å²) in [7, 11) is -3.64. The number of hydrogen-bond donors (Lipinski definition) is 1. The molecule has 0 bridgehead atoms. The molecule has 0 atom stereocenters. The van der Waals surface area contributed by atoms with Crippen LogP contribution in [-0.4, -0.2) is 49.2 Å². The summed E-state index contributed by atoms with van der Waals surface area (Å²) in [6.07, 6.45) is 6.42. The molecule has 1 saturated heterocycles. The summed E-state index contributed by atoms with van der Waals surface area (Å²) in [5.41, 5.74) is 0.679. The average Bonchev–Trinajstić information content (AvgIpc) is 3.21. The van der Waals surface area contributed by atoms with Crippen LogP contribution in [0.2, 0.25) is 0 Å². The summed E-state index contributed by atoms with van der Waals surface area (Å²) in [6, 6.07) is 8.94. The molecular formula is C20H28N4O4S. The highest BCUT2D eigenvalue weighted by Gasteiger charge is 2.23. The van der Waals surface area contributed by atoms with E-state index in [1.165, 1.54) is 6.42 Å². The van der Waals surface area contributed by atoms with E-state index in [4.69, 9.17) is 4.42 Å². The number of rotatable bonds is 9. The van der Waals surface area contributed by atoms with Crippen molar-refractivity contribution in [1.29, 1.82) is 0 Å². The number of benzene rings is 1. The Morgan fingerprint density at radius 2 is 1.79 bits per heavy atom. The van der Waals surface area contributed by atoms with Crippen LogP contribution in [0.25, 0.3) is 0 Å². The second kappa shape index (κ2) is 10.4. The van der Waals surface area contributed by atoms with Crippen LogP contribution in [-0.2, 0) is 22.0 Å². The number of nitrogens with one attached hydrogen (secondary N) is 1. The maximum Gasteiger partial charge on any atom is 0.335 e. The molecule has 0 aliphatic carbocycles. The molecule has 8 nitrogen and oxygen atoms in total. The first-order valence-corrected chi connectivity index (χ1v) is 11.8. The number of unbranched alkanes of at least 4 members (excludes halogenated alkanes) is 2. The number of carbonyl (C=O) groups is 1. The van der Waals surface area contributed by atoms with Crippen molar-refractivity contribution in [2.45, 2.75) is 55.9 Å². The van der Waals surface area contributed by atoms with E-state index in [0.717, 1.165) is 45.2 Å². The monoisotopic (exact) mass is 420 g/mol. The summed E-state index contributed by atoms with van der Waals surface area (Å²) in [5.74, 6) is 0.167. The van der Waals surface area contributed by atoms with Crippen LogP contribution in [0.4, 0.5) is 4.79 Å². The second-order valence-corrected chi connectivity index (χ2v) is 9.16. The smallest absolute Gasteiger partial charge is 0.335 e. The SMILES string of the molecule is O=C(NCCCCCc1nnc(S(=O)(=O)Cc2ccccc2)o1)N1CCCCC1. The van der Waals surface area contributed by atoms with Crippen molar-refractivity contribution in [3.05, 3.63) is 41.8 Å². The summed E-state index contributed by atoms with van der Waals surface area (Å²) in [4.78, 5) is 13.9. The Kier molecular flexibility index (Phi) is 7.62. The number of urea groups is 1. The fourth-order valence-electron chi connectivity index (χ4n) is 3.30. The number of piperidine rings is 1. The van der Waals surface area contributed by atoms with Gasteiger partial charge in [0.2, 0.25) is 15.7 Å². The van der Waals surface area contributed by atoms with Crippen LogP contribution in [0.1, 0.15) is 50.0 Å². The van der Waals surface area contributed by atoms with Gasteiger partial charge < -0.3 is 14.6 Å². The molecule has 1 N–H and O–H groups in total. The predicted octanol–water partition coefficient (Wildman–Crippen LogP) is 2.95. The van der Waals surface area contributed by atoms with Crippen molar-refractivity contribution in [3.8, 4) is 0 Å². The Balaban J connectivity index is 1.35. The molecule has 2 aromatic rings. The molecule has 2 heterocycles.